The number of nitrogens with one attached hydrogen (secondary N) is 2. The van der Waals surface area contributed by atoms with E-state index in [-0.39, 0.29) is 11.9 Å². The summed E-state index contributed by atoms with van der Waals surface area (Å²) in [6.45, 7) is 0.553. The second-order valence-corrected chi connectivity index (χ2v) is 2.87. The van der Waals surface area contributed by atoms with Gasteiger partial charge in [0.2, 0.25) is 17.8 Å². The molecule has 0 fully saturated rings. The van der Waals surface area contributed by atoms with Gasteiger partial charge in [-0.15, -0.1) is 5.10 Å². The van der Waals surface area contributed by atoms with E-state index in [4.69, 9.17) is 5.73 Å². The normalized spacial score (nSPS) is 9.86. The Morgan fingerprint density at radius 2 is 2.43 bits per heavy atom. The maximum absolute atomic E-state index is 10.9. The van der Waals surface area contributed by atoms with Crippen molar-refractivity contribution in [3.63, 3.8) is 0 Å². The number of aromatic nitrogens is 3. The lowest BCUT2D eigenvalue weighted by Crippen LogP contribution is -2.26. The number of hydrogen-bond donors (Lipinski definition) is 3. The molecule has 14 heavy (non-hydrogen) atoms. The molecule has 1 aromatic rings. The minimum Gasteiger partial charge on any atom is -0.368 e. The van der Waals surface area contributed by atoms with E-state index in [2.05, 4.69) is 20.5 Å². The van der Waals surface area contributed by atoms with Crippen molar-refractivity contribution in [2.45, 2.75) is 6.42 Å². The summed E-state index contributed by atoms with van der Waals surface area (Å²) in [5.41, 5.74) is 5.36. The maximum atomic E-state index is 10.9. The molecule has 1 aromatic heterocycles. The third kappa shape index (κ3) is 2.61. The SMILES string of the molecule is CNC(=O)CCN(C)c1n[nH]c(N)n1. The van der Waals surface area contributed by atoms with Crippen LogP contribution in [0.2, 0.25) is 0 Å². The first kappa shape index (κ1) is 10.3. The lowest BCUT2D eigenvalue weighted by molar-refractivity contribution is -0.120. The van der Waals surface area contributed by atoms with Crippen LogP contribution in [0.25, 0.3) is 0 Å². The molecular weight excluding hydrogens is 184 g/mol. The fourth-order valence-electron chi connectivity index (χ4n) is 0.930. The number of hydrogen-bond acceptors (Lipinski definition) is 5. The molecule has 1 rings (SSSR count). The molecule has 0 saturated heterocycles. The van der Waals surface area contributed by atoms with Gasteiger partial charge in [-0.25, -0.2) is 5.10 Å². The molecule has 1 heterocycles. The van der Waals surface area contributed by atoms with Gasteiger partial charge in [-0.2, -0.15) is 4.98 Å². The van der Waals surface area contributed by atoms with Crippen molar-refractivity contribution in [1.82, 2.24) is 20.5 Å². The zero-order valence-electron chi connectivity index (χ0n) is 8.24. The number of anilines is 2. The van der Waals surface area contributed by atoms with Crippen LogP contribution in [0, 0.1) is 0 Å². The Morgan fingerprint density at radius 1 is 1.71 bits per heavy atom. The van der Waals surface area contributed by atoms with Gasteiger partial charge in [-0.1, -0.05) is 0 Å². The second-order valence-electron chi connectivity index (χ2n) is 2.87. The Bertz CT molecular complexity index is 309. The quantitative estimate of drug-likeness (QED) is 0.573. The predicted molar refractivity (Wildman–Crippen MR) is 52.7 cm³/mol. The first-order valence-corrected chi connectivity index (χ1v) is 4.23. The Balaban J connectivity index is 2.42. The van der Waals surface area contributed by atoms with Gasteiger partial charge >= 0.3 is 0 Å². The summed E-state index contributed by atoms with van der Waals surface area (Å²) in [6, 6.07) is 0. The number of carbonyl (C=O) groups excluding carboxylic acids is 1. The standard InChI is InChI=1S/C7H14N6O/c1-9-5(14)3-4-13(2)7-10-6(8)11-12-7/h3-4H2,1-2H3,(H,9,14)(H3,8,10,11,12). The van der Waals surface area contributed by atoms with E-state index in [1.54, 1.807) is 19.0 Å². The molecule has 0 spiro atoms. The smallest absolute Gasteiger partial charge is 0.246 e. The van der Waals surface area contributed by atoms with Gasteiger partial charge in [-0.3, -0.25) is 4.79 Å². The second kappa shape index (κ2) is 4.45. The first-order chi connectivity index (χ1) is 6.63. The van der Waals surface area contributed by atoms with Crippen molar-refractivity contribution in [2.75, 3.05) is 31.3 Å². The molecule has 0 aliphatic rings. The number of H-pyrrole nitrogens is 1. The van der Waals surface area contributed by atoms with Crippen molar-refractivity contribution < 1.29 is 4.79 Å². The highest BCUT2D eigenvalue weighted by atomic mass is 16.1. The van der Waals surface area contributed by atoms with E-state index in [1.807, 2.05) is 0 Å². The van der Waals surface area contributed by atoms with E-state index in [0.717, 1.165) is 0 Å². The molecule has 7 heteroatoms. The summed E-state index contributed by atoms with van der Waals surface area (Å²) in [6.07, 6.45) is 0.404. The summed E-state index contributed by atoms with van der Waals surface area (Å²) in [7, 11) is 3.40. The lowest BCUT2D eigenvalue weighted by atomic mass is 10.4. The molecule has 0 aliphatic carbocycles. The van der Waals surface area contributed by atoms with Gasteiger partial charge in [0.05, 0.1) is 0 Å². The molecular formula is C7H14N6O. The van der Waals surface area contributed by atoms with Gasteiger partial charge in [0.1, 0.15) is 0 Å². The fraction of sp³-hybridized carbons (Fsp3) is 0.571. The van der Waals surface area contributed by atoms with Gasteiger partial charge < -0.3 is 16.0 Å². The monoisotopic (exact) mass is 198 g/mol. The minimum absolute atomic E-state index is 0.0136. The highest BCUT2D eigenvalue weighted by Gasteiger charge is 2.07. The average Bonchev–Trinajstić information content (AvgIpc) is 2.60. The predicted octanol–water partition coefficient (Wildman–Crippen LogP) is -1.04. The molecule has 0 radical (unpaired) electrons. The number of carbonyl (C=O) groups is 1. The van der Waals surface area contributed by atoms with Crippen LogP contribution in [0.3, 0.4) is 0 Å². The van der Waals surface area contributed by atoms with Crippen LogP contribution >= 0.6 is 0 Å². The number of nitrogens with two attached hydrogens (primary N) is 1. The Kier molecular flexibility index (Phi) is 3.27. The average molecular weight is 198 g/mol. The first-order valence-electron chi connectivity index (χ1n) is 4.23. The molecule has 0 unspecified atom stereocenters. The summed E-state index contributed by atoms with van der Waals surface area (Å²) in [4.78, 5) is 16.6. The van der Waals surface area contributed by atoms with Crippen molar-refractivity contribution >= 4 is 17.8 Å². The highest BCUT2D eigenvalue weighted by molar-refractivity contribution is 5.76. The summed E-state index contributed by atoms with van der Waals surface area (Å²) in [5, 5.41) is 8.92. The molecule has 1 amide bonds. The van der Waals surface area contributed by atoms with Crippen molar-refractivity contribution in [3.05, 3.63) is 0 Å². The van der Waals surface area contributed by atoms with Crippen molar-refractivity contribution in [3.8, 4) is 0 Å². The third-order valence-corrected chi connectivity index (χ3v) is 1.79. The summed E-state index contributed by atoms with van der Waals surface area (Å²) >= 11 is 0. The van der Waals surface area contributed by atoms with Crippen LogP contribution in [-0.2, 0) is 4.79 Å². The van der Waals surface area contributed by atoms with Crippen LogP contribution in [0.1, 0.15) is 6.42 Å². The van der Waals surface area contributed by atoms with Gasteiger partial charge in [-0.05, 0) is 0 Å². The topological polar surface area (TPSA) is 99.9 Å². The molecule has 4 N–H and O–H groups in total. The zero-order chi connectivity index (χ0) is 10.6. The minimum atomic E-state index is -0.0136. The Labute approximate surface area is 81.7 Å². The van der Waals surface area contributed by atoms with E-state index in [9.17, 15) is 4.79 Å². The number of nitrogen functional groups attached to an aromatic ring is 1. The number of rotatable bonds is 4. The lowest BCUT2D eigenvalue weighted by Gasteiger charge is -2.13. The Morgan fingerprint density at radius 3 is 2.93 bits per heavy atom. The van der Waals surface area contributed by atoms with Crippen LogP contribution in [0.15, 0.2) is 0 Å². The third-order valence-electron chi connectivity index (χ3n) is 1.79. The van der Waals surface area contributed by atoms with Crippen LogP contribution in [0.5, 0.6) is 0 Å². The van der Waals surface area contributed by atoms with E-state index in [1.165, 1.54) is 0 Å². The van der Waals surface area contributed by atoms with Crippen LogP contribution in [-0.4, -0.2) is 41.7 Å². The maximum Gasteiger partial charge on any atom is 0.246 e. The summed E-state index contributed by atoms with van der Waals surface area (Å²) < 4.78 is 0. The Hall–Kier alpha value is -1.79. The van der Waals surface area contributed by atoms with E-state index < -0.39 is 0 Å². The molecule has 0 atom stereocenters. The summed E-state index contributed by atoms with van der Waals surface area (Å²) in [5.74, 6) is 0.749. The molecule has 0 aliphatic heterocycles. The molecule has 0 bridgehead atoms. The fourth-order valence-corrected chi connectivity index (χ4v) is 0.930. The van der Waals surface area contributed by atoms with Gasteiger partial charge in [0, 0.05) is 27.1 Å². The van der Waals surface area contributed by atoms with E-state index >= 15 is 0 Å². The van der Waals surface area contributed by atoms with Crippen molar-refractivity contribution in [2.24, 2.45) is 0 Å². The van der Waals surface area contributed by atoms with Gasteiger partial charge in [0.25, 0.3) is 0 Å². The largest absolute Gasteiger partial charge is 0.368 e. The van der Waals surface area contributed by atoms with Crippen LogP contribution in [0.4, 0.5) is 11.9 Å². The number of aromatic amines is 1. The highest BCUT2D eigenvalue weighted by Crippen LogP contribution is 2.05. The molecule has 78 valence electrons. The van der Waals surface area contributed by atoms with Crippen molar-refractivity contribution in [1.29, 1.82) is 0 Å². The molecule has 0 aromatic carbocycles. The van der Waals surface area contributed by atoms with Crippen LogP contribution < -0.4 is 16.0 Å². The van der Waals surface area contributed by atoms with E-state index in [0.29, 0.717) is 18.9 Å². The van der Waals surface area contributed by atoms with Gasteiger partial charge in [0.15, 0.2) is 0 Å². The number of nitrogens with zero attached hydrogens (tertiary/aromatic N) is 3. The molecule has 7 nitrogen and oxygen atoms in total. The number of amides is 1. The zero-order valence-corrected chi connectivity index (χ0v) is 8.24. The molecule has 0 saturated carbocycles.